The summed E-state index contributed by atoms with van der Waals surface area (Å²) in [5, 5.41) is 4.93. The maximum atomic E-state index is 13.4. The lowest BCUT2D eigenvalue weighted by Gasteiger charge is -2.37. The smallest absolute Gasteiger partial charge is 0.241 e. The van der Waals surface area contributed by atoms with Gasteiger partial charge < -0.3 is 5.32 Å². The number of aromatic nitrogens is 1. The molecule has 1 aliphatic heterocycles. The number of carbonyl (C=O) groups is 1. The van der Waals surface area contributed by atoms with Gasteiger partial charge in [0.05, 0.1) is 17.2 Å². The Bertz CT molecular complexity index is 714. The number of nitrogens with zero attached hydrogens (tertiary/aromatic N) is 3. The molecule has 7 heteroatoms. The molecule has 0 spiro atoms. The maximum absolute atomic E-state index is 13.4. The third-order valence-corrected chi connectivity index (χ3v) is 5.30. The first-order chi connectivity index (χ1) is 12.0. The molecule has 3 rings (SSSR count). The highest BCUT2D eigenvalue weighted by atomic mass is 32.1. The number of hydrogen-bond donors (Lipinski definition) is 1. The van der Waals surface area contributed by atoms with Gasteiger partial charge in [0.25, 0.3) is 0 Å². The average Bonchev–Trinajstić information content (AvgIpc) is 3.11. The van der Waals surface area contributed by atoms with Crippen molar-refractivity contribution in [3.63, 3.8) is 0 Å². The van der Waals surface area contributed by atoms with Crippen LogP contribution < -0.4 is 5.32 Å². The monoisotopic (exact) mass is 362 g/mol. The lowest BCUT2D eigenvalue weighted by molar-refractivity contribution is -0.121. The van der Waals surface area contributed by atoms with E-state index in [0.29, 0.717) is 5.69 Å². The van der Waals surface area contributed by atoms with Crippen molar-refractivity contribution in [2.45, 2.75) is 26.4 Å². The third kappa shape index (κ3) is 4.62. The molecule has 2 aromatic rings. The molecular weight excluding hydrogens is 339 g/mol. The van der Waals surface area contributed by atoms with Gasteiger partial charge in [-0.3, -0.25) is 14.6 Å². The molecule has 1 atom stereocenters. The topological polar surface area (TPSA) is 48.5 Å². The Labute approximate surface area is 151 Å². The first-order valence-corrected chi connectivity index (χ1v) is 9.37. The zero-order chi connectivity index (χ0) is 17.8. The quantitative estimate of drug-likeness (QED) is 0.889. The van der Waals surface area contributed by atoms with Gasteiger partial charge in [-0.15, -0.1) is 11.3 Å². The third-order valence-electron chi connectivity index (χ3n) is 4.66. The predicted octanol–water partition coefficient (Wildman–Crippen LogP) is 2.74. The molecule has 0 saturated carbocycles. The van der Waals surface area contributed by atoms with Crippen molar-refractivity contribution in [1.82, 2.24) is 14.8 Å². The minimum Gasteiger partial charge on any atom is -0.324 e. The number of halogens is 1. The normalized spacial score (nSPS) is 17.4. The van der Waals surface area contributed by atoms with E-state index in [1.165, 1.54) is 12.1 Å². The summed E-state index contributed by atoms with van der Waals surface area (Å²) in [5.74, 6) is -0.439. The van der Waals surface area contributed by atoms with Crippen LogP contribution in [0.25, 0.3) is 0 Å². The number of amides is 1. The second-order valence-corrected chi connectivity index (χ2v) is 7.14. The molecule has 1 fully saturated rings. The Balaban J connectivity index is 1.52. The van der Waals surface area contributed by atoms with E-state index in [-0.39, 0.29) is 17.8 Å². The van der Waals surface area contributed by atoms with Crippen molar-refractivity contribution < 1.29 is 9.18 Å². The molecule has 1 aromatic carbocycles. The van der Waals surface area contributed by atoms with Crippen LogP contribution in [0.15, 0.2) is 29.1 Å². The number of benzene rings is 1. The van der Waals surface area contributed by atoms with Crippen LogP contribution in [0.1, 0.15) is 18.2 Å². The Hall–Kier alpha value is -1.83. The number of piperazine rings is 1. The summed E-state index contributed by atoms with van der Waals surface area (Å²) in [6, 6.07) is 4.19. The second kappa shape index (κ2) is 8.03. The maximum Gasteiger partial charge on any atom is 0.241 e. The van der Waals surface area contributed by atoms with Crippen LogP contribution in [-0.4, -0.2) is 52.9 Å². The van der Waals surface area contributed by atoms with Crippen molar-refractivity contribution in [2.75, 3.05) is 31.5 Å². The number of aryl methyl sites for hydroxylation is 1. The van der Waals surface area contributed by atoms with Gasteiger partial charge in [-0.25, -0.2) is 9.37 Å². The highest BCUT2D eigenvalue weighted by Gasteiger charge is 2.26. The van der Waals surface area contributed by atoms with Crippen LogP contribution in [-0.2, 0) is 11.3 Å². The molecule has 1 N–H and O–H groups in total. The fraction of sp³-hybridized carbons (Fsp3) is 0.444. The van der Waals surface area contributed by atoms with Gasteiger partial charge in [0.15, 0.2) is 0 Å². The largest absolute Gasteiger partial charge is 0.324 e. The van der Waals surface area contributed by atoms with Crippen LogP contribution in [0, 0.1) is 12.7 Å². The Morgan fingerprint density at radius 3 is 2.80 bits per heavy atom. The highest BCUT2D eigenvalue weighted by Crippen LogP contribution is 2.17. The van der Waals surface area contributed by atoms with Crippen molar-refractivity contribution >= 4 is 22.9 Å². The Kier molecular flexibility index (Phi) is 5.78. The lowest BCUT2D eigenvalue weighted by atomic mass is 10.1. The van der Waals surface area contributed by atoms with E-state index in [4.69, 9.17) is 0 Å². The fourth-order valence-corrected chi connectivity index (χ4v) is 3.53. The minimum atomic E-state index is -0.343. The standard InChI is InChI=1S/C18H23FN4OS/c1-13-3-4-15(19)9-17(13)21-18(24)14(2)23-7-5-22(6-8-23)10-16-11-25-12-20-16/h3-4,9,11-12,14H,5-8,10H2,1-2H3,(H,21,24)/t14-/m0/s1. The summed E-state index contributed by atoms with van der Waals surface area (Å²) < 4.78 is 13.4. The number of anilines is 1. The van der Waals surface area contributed by atoms with E-state index in [0.717, 1.165) is 44.0 Å². The molecule has 1 aromatic heterocycles. The van der Waals surface area contributed by atoms with Gasteiger partial charge in [0.2, 0.25) is 5.91 Å². The van der Waals surface area contributed by atoms with E-state index in [1.807, 2.05) is 19.4 Å². The van der Waals surface area contributed by atoms with Crippen LogP contribution in [0.2, 0.25) is 0 Å². The number of nitrogens with one attached hydrogen (secondary N) is 1. The molecule has 0 radical (unpaired) electrons. The number of thiazole rings is 1. The molecule has 1 aliphatic rings. The molecule has 5 nitrogen and oxygen atoms in total. The Morgan fingerprint density at radius 1 is 1.36 bits per heavy atom. The molecule has 1 amide bonds. The number of rotatable bonds is 5. The van der Waals surface area contributed by atoms with E-state index >= 15 is 0 Å². The van der Waals surface area contributed by atoms with Crippen molar-refractivity contribution in [3.8, 4) is 0 Å². The minimum absolute atomic E-state index is 0.0957. The van der Waals surface area contributed by atoms with E-state index in [9.17, 15) is 9.18 Å². The number of carbonyl (C=O) groups excluding carboxylic acids is 1. The second-order valence-electron chi connectivity index (χ2n) is 6.42. The van der Waals surface area contributed by atoms with E-state index in [2.05, 4.69) is 25.5 Å². The molecular formula is C18H23FN4OS. The summed E-state index contributed by atoms with van der Waals surface area (Å²) in [5.41, 5.74) is 4.35. The van der Waals surface area contributed by atoms with Gasteiger partial charge in [0.1, 0.15) is 5.82 Å². The summed E-state index contributed by atoms with van der Waals surface area (Å²) in [6.07, 6.45) is 0. The molecule has 0 aliphatic carbocycles. The first-order valence-electron chi connectivity index (χ1n) is 8.43. The zero-order valence-corrected chi connectivity index (χ0v) is 15.4. The summed E-state index contributed by atoms with van der Waals surface area (Å²) >= 11 is 1.61. The molecule has 0 bridgehead atoms. The summed E-state index contributed by atoms with van der Waals surface area (Å²) in [4.78, 5) is 21.4. The first kappa shape index (κ1) is 18.0. The van der Waals surface area contributed by atoms with Crippen molar-refractivity contribution in [1.29, 1.82) is 0 Å². The van der Waals surface area contributed by atoms with Crippen LogP contribution >= 0.6 is 11.3 Å². The highest BCUT2D eigenvalue weighted by molar-refractivity contribution is 7.07. The van der Waals surface area contributed by atoms with Crippen LogP contribution in [0.3, 0.4) is 0 Å². The molecule has 1 saturated heterocycles. The lowest BCUT2D eigenvalue weighted by Crippen LogP contribution is -2.52. The molecule has 2 heterocycles. The van der Waals surface area contributed by atoms with Gasteiger partial charge >= 0.3 is 0 Å². The van der Waals surface area contributed by atoms with E-state index in [1.54, 1.807) is 17.4 Å². The SMILES string of the molecule is Cc1ccc(F)cc1NC(=O)[C@H](C)N1CCN(Cc2cscn2)CC1. The van der Waals surface area contributed by atoms with Gasteiger partial charge in [0, 0.05) is 43.8 Å². The fourth-order valence-electron chi connectivity index (χ4n) is 2.99. The van der Waals surface area contributed by atoms with Crippen LogP contribution in [0.4, 0.5) is 10.1 Å². The number of hydrogen-bond acceptors (Lipinski definition) is 5. The van der Waals surface area contributed by atoms with Gasteiger partial charge in [-0.2, -0.15) is 0 Å². The van der Waals surface area contributed by atoms with Gasteiger partial charge in [-0.05, 0) is 31.5 Å². The summed E-state index contributed by atoms with van der Waals surface area (Å²) in [7, 11) is 0. The molecule has 134 valence electrons. The van der Waals surface area contributed by atoms with Crippen molar-refractivity contribution in [2.24, 2.45) is 0 Å². The zero-order valence-electron chi connectivity index (χ0n) is 14.5. The molecule has 0 unspecified atom stereocenters. The average molecular weight is 362 g/mol. The van der Waals surface area contributed by atoms with Crippen LogP contribution in [0.5, 0.6) is 0 Å². The van der Waals surface area contributed by atoms with Crippen molar-refractivity contribution in [3.05, 3.63) is 46.2 Å². The van der Waals surface area contributed by atoms with E-state index < -0.39 is 0 Å². The van der Waals surface area contributed by atoms with Gasteiger partial charge in [-0.1, -0.05) is 6.07 Å². The summed E-state index contributed by atoms with van der Waals surface area (Å²) in [6.45, 7) is 8.11. The Morgan fingerprint density at radius 2 is 2.12 bits per heavy atom. The predicted molar refractivity (Wildman–Crippen MR) is 98.2 cm³/mol. The molecule has 25 heavy (non-hydrogen) atoms.